The van der Waals surface area contributed by atoms with E-state index < -0.39 is 0 Å². The number of rotatable bonds is 5. The van der Waals surface area contributed by atoms with Gasteiger partial charge < -0.3 is 9.26 Å². The number of halogens is 1. The zero-order chi connectivity index (χ0) is 16.9. The van der Waals surface area contributed by atoms with Crippen LogP contribution in [0.25, 0.3) is 11.5 Å². The Morgan fingerprint density at radius 1 is 1.25 bits per heavy atom. The van der Waals surface area contributed by atoms with Gasteiger partial charge in [0.25, 0.3) is 17.7 Å². The number of benzene rings is 2. The van der Waals surface area contributed by atoms with E-state index in [9.17, 15) is 4.79 Å². The van der Waals surface area contributed by atoms with Gasteiger partial charge >= 0.3 is 0 Å². The molecule has 1 heterocycles. The number of aryl methyl sites for hydroxylation is 1. The Kier molecular flexibility index (Phi) is 4.90. The number of amides is 1. The summed E-state index contributed by atoms with van der Waals surface area (Å²) in [6, 6.07) is 14.9. The van der Waals surface area contributed by atoms with Crippen molar-refractivity contribution in [2.45, 2.75) is 6.92 Å². The number of ether oxygens (including phenoxy) is 1. The highest BCUT2D eigenvalue weighted by Crippen LogP contribution is 2.19. The van der Waals surface area contributed by atoms with Crippen molar-refractivity contribution in [1.29, 1.82) is 0 Å². The van der Waals surface area contributed by atoms with Crippen molar-refractivity contribution >= 4 is 27.8 Å². The highest BCUT2D eigenvalue weighted by molar-refractivity contribution is 9.10. The summed E-state index contributed by atoms with van der Waals surface area (Å²) in [6.45, 7) is 1.83. The Labute approximate surface area is 147 Å². The molecule has 122 valence electrons. The summed E-state index contributed by atoms with van der Waals surface area (Å²) in [7, 11) is 0. The third kappa shape index (κ3) is 4.20. The molecule has 0 saturated carbocycles. The first-order chi connectivity index (χ1) is 11.6. The number of nitrogens with one attached hydrogen (secondary N) is 1. The predicted octanol–water partition coefficient (Wildman–Crippen LogP) is 3.83. The van der Waals surface area contributed by atoms with E-state index >= 15 is 0 Å². The van der Waals surface area contributed by atoms with Crippen molar-refractivity contribution in [3.05, 3.63) is 58.6 Å². The maximum Gasteiger partial charge on any atom is 0.270 e. The van der Waals surface area contributed by atoms with Crippen molar-refractivity contribution in [3.8, 4) is 17.2 Å². The molecule has 0 atom stereocenters. The monoisotopic (exact) mass is 387 g/mol. The molecule has 3 aromatic rings. The van der Waals surface area contributed by atoms with E-state index in [1.807, 2.05) is 43.3 Å². The molecule has 24 heavy (non-hydrogen) atoms. The normalized spacial score (nSPS) is 10.4. The molecule has 6 nitrogen and oxygen atoms in total. The average Bonchev–Trinajstić information content (AvgIpc) is 3.03. The number of nitrogens with zero attached hydrogens (tertiary/aromatic N) is 2. The summed E-state index contributed by atoms with van der Waals surface area (Å²) in [4.78, 5) is 16.0. The van der Waals surface area contributed by atoms with Gasteiger partial charge in [0.05, 0.1) is 0 Å². The van der Waals surface area contributed by atoms with E-state index in [2.05, 4.69) is 31.4 Å². The molecule has 3 rings (SSSR count). The van der Waals surface area contributed by atoms with Crippen molar-refractivity contribution < 1.29 is 14.1 Å². The SMILES string of the molecule is Cc1cccc(-c2nc(NC(=O)COc3ccc(Br)cc3)no2)c1. The molecule has 1 N–H and O–H groups in total. The van der Waals surface area contributed by atoms with Crippen LogP contribution in [-0.4, -0.2) is 22.7 Å². The molecule has 1 aromatic heterocycles. The Hall–Kier alpha value is -2.67. The molecule has 7 heteroatoms. The number of carbonyl (C=O) groups is 1. The molecule has 0 aliphatic rings. The molecular formula is C17H14BrN3O3. The van der Waals surface area contributed by atoms with Crippen molar-refractivity contribution in [3.63, 3.8) is 0 Å². The topological polar surface area (TPSA) is 77.2 Å². The van der Waals surface area contributed by atoms with Gasteiger partial charge in [0.15, 0.2) is 6.61 Å². The lowest BCUT2D eigenvalue weighted by Crippen LogP contribution is -2.20. The molecule has 0 radical (unpaired) electrons. The summed E-state index contributed by atoms with van der Waals surface area (Å²) in [5.41, 5.74) is 1.88. The number of aromatic nitrogens is 2. The van der Waals surface area contributed by atoms with Crippen LogP contribution in [0.5, 0.6) is 5.75 Å². The molecule has 2 aromatic carbocycles. The van der Waals surface area contributed by atoms with E-state index in [1.54, 1.807) is 12.1 Å². The van der Waals surface area contributed by atoms with E-state index in [-0.39, 0.29) is 18.5 Å². The summed E-state index contributed by atoms with van der Waals surface area (Å²) in [6.07, 6.45) is 0. The second-order valence-electron chi connectivity index (χ2n) is 5.08. The molecule has 0 aliphatic carbocycles. The number of anilines is 1. The number of hydrogen-bond donors (Lipinski definition) is 1. The van der Waals surface area contributed by atoms with E-state index in [0.717, 1.165) is 15.6 Å². The summed E-state index contributed by atoms with van der Waals surface area (Å²) in [5.74, 6) is 0.690. The Bertz CT molecular complexity index is 846. The maximum atomic E-state index is 11.9. The first kappa shape index (κ1) is 16.2. The van der Waals surface area contributed by atoms with Crippen LogP contribution < -0.4 is 10.1 Å². The van der Waals surface area contributed by atoms with Crippen LogP contribution in [-0.2, 0) is 4.79 Å². The lowest BCUT2D eigenvalue weighted by atomic mass is 10.1. The highest BCUT2D eigenvalue weighted by atomic mass is 79.9. The minimum atomic E-state index is -0.366. The molecule has 0 spiro atoms. The zero-order valence-electron chi connectivity index (χ0n) is 12.8. The minimum Gasteiger partial charge on any atom is -0.484 e. The lowest BCUT2D eigenvalue weighted by Gasteiger charge is -2.05. The van der Waals surface area contributed by atoms with Crippen LogP contribution in [0.2, 0.25) is 0 Å². The van der Waals surface area contributed by atoms with Crippen molar-refractivity contribution in [1.82, 2.24) is 10.1 Å². The summed E-state index contributed by atoms with van der Waals surface area (Å²) in [5, 5.41) is 6.29. The van der Waals surface area contributed by atoms with Gasteiger partial charge in [-0.15, -0.1) is 0 Å². The molecular weight excluding hydrogens is 374 g/mol. The molecule has 0 saturated heterocycles. The summed E-state index contributed by atoms with van der Waals surface area (Å²) < 4.78 is 11.5. The highest BCUT2D eigenvalue weighted by Gasteiger charge is 2.12. The third-order valence-electron chi connectivity index (χ3n) is 3.13. The van der Waals surface area contributed by atoms with Gasteiger partial charge in [0.1, 0.15) is 5.75 Å². The molecule has 1 amide bonds. The molecule has 0 fully saturated rings. The van der Waals surface area contributed by atoms with Crippen LogP contribution >= 0.6 is 15.9 Å². The fraction of sp³-hybridized carbons (Fsp3) is 0.118. The number of carbonyl (C=O) groups excluding carboxylic acids is 1. The standard InChI is InChI=1S/C17H14BrN3O3/c1-11-3-2-4-12(9-11)16-20-17(21-24-16)19-15(22)10-23-14-7-5-13(18)6-8-14/h2-9H,10H2,1H3,(H,19,21,22). The van der Waals surface area contributed by atoms with Crippen LogP contribution in [0.3, 0.4) is 0 Å². The first-order valence-electron chi connectivity index (χ1n) is 7.19. The second kappa shape index (κ2) is 7.27. The van der Waals surface area contributed by atoms with Gasteiger partial charge in [-0.2, -0.15) is 4.98 Å². The Morgan fingerprint density at radius 2 is 2.04 bits per heavy atom. The average molecular weight is 388 g/mol. The van der Waals surface area contributed by atoms with Crippen LogP contribution in [0.4, 0.5) is 5.95 Å². The zero-order valence-corrected chi connectivity index (χ0v) is 14.4. The largest absolute Gasteiger partial charge is 0.484 e. The van der Waals surface area contributed by atoms with E-state index in [0.29, 0.717) is 11.6 Å². The van der Waals surface area contributed by atoms with Gasteiger partial charge in [-0.05, 0) is 48.5 Å². The van der Waals surface area contributed by atoms with E-state index in [1.165, 1.54) is 0 Å². The number of hydrogen-bond acceptors (Lipinski definition) is 5. The fourth-order valence-electron chi connectivity index (χ4n) is 2.01. The maximum absolute atomic E-state index is 11.9. The quantitative estimate of drug-likeness (QED) is 0.719. The van der Waals surface area contributed by atoms with Gasteiger partial charge in [0, 0.05) is 10.0 Å². The van der Waals surface area contributed by atoms with Crippen LogP contribution in [0.15, 0.2) is 57.5 Å². The lowest BCUT2D eigenvalue weighted by molar-refractivity contribution is -0.118. The molecule has 0 bridgehead atoms. The van der Waals surface area contributed by atoms with Crippen LogP contribution in [0, 0.1) is 6.92 Å². The predicted molar refractivity (Wildman–Crippen MR) is 92.7 cm³/mol. The molecule has 0 aliphatic heterocycles. The van der Waals surface area contributed by atoms with Crippen molar-refractivity contribution in [2.75, 3.05) is 11.9 Å². The van der Waals surface area contributed by atoms with E-state index in [4.69, 9.17) is 9.26 Å². The van der Waals surface area contributed by atoms with Gasteiger partial charge in [-0.3, -0.25) is 10.1 Å². The van der Waals surface area contributed by atoms with Gasteiger partial charge in [-0.1, -0.05) is 33.6 Å². The van der Waals surface area contributed by atoms with Gasteiger partial charge in [0.2, 0.25) is 0 Å². The minimum absolute atomic E-state index is 0.107. The third-order valence-corrected chi connectivity index (χ3v) is 3.65. The smallest absolute Gasteiger partial charge is 0.270 e. The second-order valence-corrected chi connectivity index (χ2v) is 6.00. The summed E-state index contributed by atoms with van der Waals surface area (Å²) >= 11 is 3.33. The van der Waals surface area contributed by atoms with Gasteiger partial charge in [-0.25, -0.2) is 0 Å². The fourth-order valence-corrected chi connectivity index (χ4v) is 2.27. The molecule has 0 unspecified atom stereocenters. The van der Waals surface area contributed by atoms with Crippen molar-refractivity contribution in [2.24, 2.45) is 0 Å². The Balaban J connectivity index is 1.58. The first-order valence-corrected chi connectivity index (χ1v) is 7.98. The van der Waals surface area contributed by atoms with Crippen LogP contribution in [0.1, 0.15) is 5.56 Å². The Morgan fingerprint density at radius 3 is 2.79 bits per heavy atom.